The van der Waals surface area contributed by atoms with Crippen molar-refractivity contribution < 1.29 is 9.84 Å². The van der Waals surface area contributed by atoms with Gasteiger partial charge in [-0.3, -0.25) is 4.90 Å². The molecule has 0 aromatic heterocycles. The molecule has 1 aliphatic carbocycles. The highest BCUT2D eigenvalue weighted by atomic mass is 16.5. The first kappa shape index (κ1) is 15.2. The molecule has 3 N–H and O–H groups in total. The molecule has 0 aromatic rings. The van der Waals surface area contributed by atoms with Crippen LogP contribution in [0.1, 0.15) is 46.0 Å². The third-order valence-corrected chi connectivity index (χ3v) is 4.66. The number of nitrogens with zero attached hydrogens (tertiary/aromatic N) is 1. The van der Waals surface area contributed by atoms with E-state index >= 15 is 0 Å². The molecule has 0 amide bonds. The highest BCUT2D eigenvalue weighted by Gasteiger charge is 2.38. The quantitative estimate of drug-likeness (QED) is 0.810. The van der Waals surface area contributed by atoms with Crippen molar-refractivity contribution in [2.75, 3.05) is 32.8 Å². The summed E-state index contributed by atoms with van der Waals surface area (Å²) >= 11 is 0. The summed E-state index contributed by atoms with van der Waals surface area (Å²) in [6, 6.07) is 0. The van der Waals surface area contributed by atoms with Crippen LogP contribution in [0.5, 0.6) is 0 Å². The van der Waals surface area contributed by atoms with Gasteiger partial charge in [0.05, 0.1) is 18.3 Å². The van der Waals surface area contributed by atoms with Gasteiger partial charge >= 0.3 is 0 Å². The second-order valence-corrected chi connectivity index (χ2v) is 7.12. The molecule has 19 heavy (non-hydrogen) atoms. The van der Waals surface area contributed by atoms with Crippen LogP contribution in [0, 0.1) is 5.41 Å². The predicted molar refractivity (Wildman–Crippen MR) is 77.1 cm³/mol. The average Bonchev–Trinajstić information content (AvgIpc) is 2.38. The Morgan fingerprint density at radius 3 is 2.53 bits per heavy atom. The minimum Gasteiger partial charge on any atom is -0.394 e. The topological polar surface area (TPSA) is 58.7 Å². The molecule has 2 fully saturated rings. The van der Waals surface area contributed by atoms with Gasteiger partial charge < -0.3 is 15.6 Å². The van der Waals surface area contributed by atoms with Crippen molar-refractivity contribution in [3.8, 4) is 0 Å². The summed E-state index contributed by atoms with van der Waals surface area (Å²) in [5.74, 6) is 0. The first-order chi connectivity index (χ1) is 8.99. The molecule has 0 bridgehead atoms. The number of aliphatic hydroxyl groups is 1. The maximum Gasteiger partial charge on any atom is 0.0940 e. The zero-order valence-corrected chi connectivity index (χ0v) is 12.5. The van der Waals surface area contributed by atoms with Crippen molar-refractivity contribution in [2.24, 2.45) is 11.1 Å². The third-order valence-electron chi connectivity index (χ3n) is 4.66. The Hall–Kier alpha value is -0.160. The monoisotopic (exact) mass is 270 g/mol. The lowest BCUT2D eigenvalue weighted by Crippen LogP contribution is -2.57. The lowest BCUT2D eigenvalue weighted by Gasteiger charge is -2.47. The van der Waals surface area contributed by atoms with E-state index in [9.17, 15) is 5.11 Å². The van der Waals surface area contributed by atoms with Crippen molar-refractivity contribution in [2.45, 2.75) is 57.7 Å². The van der Waals surface area contributed by atoms with Crippen LogP contribution in [0.3, 0.4) is 0 Å². The Morgan fingerprint density at radius 1 is 1.26 bits per heavy atom. The van der Waals surface area contributed by atoms with E-state index in [0.29, 0.717) is 5.41 Å². The van der Waals surface area contributed by atoms with Crippen LogP contribution in [-0.2, 0) is 4.74 Å². The molecule has 112 valence electrons. The number of ether oxygens (including phenoxy) is 1. The largest absolute Gasteiger partial charge is 0.394 e. The SMILES string of the molecule is CC1(C)CN(CC2(CN)CCCCC2)CC(CO)O1. The molecule has 1 saturated heterocycles. The van der Waals surface area contributed by atoms with E-state index in [-0.39, 0.29) is 18.3 Å². The average molecular weight is 270 g/mol. The molecule has 0 spiro atoms. The number of rotatable bonds is 4. The van der Waals surface area contributed by atoms with Gasteiger partial charge in [0, 0.05) is 19.6 Å². The van der Waals surface area contributed by atoms with Crippen molar-refractivity contribution in [1.29, 1.82) is 0 Å². The van der Waals surface area contributed by atoms with Crippen LogP contribution in [0.4, 0.5) is 0 Å². The van der Waals surface area contributed by atoms with Crippen molar-refractivity contribution in [3.63, 3.8) is 0 Å². The third kappa shape index (κ3) is 3.91. The minimum atomic E-state index is -0.171. The summed E-state index contributed by atoms with van der Waals surface area (Å²) in [5, 5.41) is 9.39. The smallest absolute Gasteiger partial charge is 0.0940 e. The fourth-order valence-electron chi connectivity index (χ4n) is 3.84. The molecule has 1 aliphatic heterocycles. The summed E-state index contributed by atoms with van der Waals surface area (Å²) in [6.45, 7) is 7.94. The minimum absolute atomic E-state index is 0.0536. The number of morpholine rings is 1. The fourth-order valence-corrected chi connectivity index (χ4v) is 3.84. The lowest BCUT2D eigenvalue weighted by molar-refractivity contribution is -0.154. The zero-order chi connectivity index (χ0) is 13.9. The molecular formula is C15H30N2O2. The van der Waals surface area contributed by atoms with Gasteiger partial charge in [-0.1, -0.05) is 19.3 Å². The first-order valence-corrected chi connectivity index (χ1v) is 7.70. The van der Waals surface area contributed by atoms with Crippen molar-refractivity contribution >= 4 is 0 Å². The van der Waals surface area contributed by atoms with Gasteiger partial charge in [0.1, 0.15) is 0 Å². The van der Waals surface area contributed by atoms with Crippen LogP contribution in [0.25, 0.3) is 0 Å². The van der Waals surface area contributed by atoms with E-state index in [1.807, 2.05) is 0 Å². The predicted octanol–water partition coefficient (Wildman–Crippen LogP) is 1.37. The fraction of sp³-hybridized carbons (Fsp3) is 1.00. The van der Waals surface area contributed by atoms with Crippen LogP contribution in [0.2, 0.25) is 0 Å². The van der Waals surface area contributed by atoms with E-state index in [1.165, 1.54) is 32.1 Å². The van der Waals surface area contributed by atoms with Gasteiger partial charge in [-0.05, 0) is 38.6 Å². The molecular weight excluding hydrogens is 240 g/mol. The van der Waals surface area contributed by atoms with Gasteiger partial charge in [-0.2, -0.15) is 0 Å². The lowest BCUT2D eigenvalue weighted by atomic mass is 9.73. The van der Waals surface area contributed by atoms with Gasteiger partial charge in [0.25, 0.3) is 0 Å². The summed E-state index contributed by atoms with van der Waals surface area (Å²) in [4.78, 5) is 2.46. The van der Waals surface area contributed by atoms with Crippen molar-refractivity contribution in [1.82, 2.24) is 4.90 Å². The van der Waals surface area contributed by atoms with Gasteiger partial charge in [0.15, 0.2) is 0 Å². The van der Waals surface area contributed by atoms with E-state index in [1.54, 1.807) is 0 Å². The van der Waals surface area contributed by atoms with E-state index in [0.717, 1.165) is 26.2 Å². The zero-order valence-electron chi connectivity index (χ0n) is 12.5. The second kappa shape index (κ2) is 6.08. The van der Waals surface area contributed by atoms with Gasteiger partial charge in [0.2, 0.25) is 0 Å². The summed E-state index contributed by atoms with van der Waals surface area (Å²) in [7, 11) is 0. The molecule has 4 heteroatoms. The summed E-state index contributed by atoms with van der Waals surface area (Å²) in [5.41, 5.74) is 6.21. The van der Waals surface area contributed by atoms with Gasteiger partial charge in [-0.25, -0.2) is 0 Å². The van der Waals surface area contributed by atoms with Crippen LogP contribution in [0.15, 0.2) is 0 Å². The van der Waals surface area contributed by atoms with Crippen LogP contribution >= 0.6 is 0 Å². The number of nitrogens with two attached hydrogens (primary N) is 1. The molecule has 0 radical (unpaired) electrons. The normalized spacial score (nSPS) is 31.3. The van der Waals surface area contributed by atoms with Crippen molar-refractivity contribution in [3.05, 3.63) is 0 Å². The van der Waals surface area contributed by atoms with Gasteiger partial charge in [-0.15, -0.1) is 0 Å². The summed E-state index contributed by atoms with van der Waals surface area (Å²) < 4.78 is 5.89. The highest BCUT2D eigenvalue weighted by Crippen LogP contribution is 2.37. The van der Waals surface area contributed by atoms with Crippen LogP contribution < -0.4 is 5.73 Å². The number of aliphatic hydroxyl groups excluding tert-OH is 1. The molecule has 1 atom stereocenters. The molecule has 2 aliphatic rings. The van der Waals surface area contributed by atoms with E-state index in [4.69, 9.17) is 10.5 Å². The molecule has 1 saturated carbocycles. The maximum absolute atomic E-state index is 9.39. The molecule has 1 heterocycles. The van der Waals surface area contributed by atoms with E-state index in [2.05, 4.69) is 18.7 Å². The van der Waals surface area contributed by atoms with E-state index < -0.39 is 0 Å². The standard InChI is InChI=1S/C15H30N2O2/c1-14(2)11-17(8-13(9-18)19-14)12-15(10-16)6-4-3-5-7-15/h13,18H,3-12,16H2,1-2H3. The molecule has 4 nitrogen and oxygen atoms in total. The second-order valence-electron chi connectivity index (χ2n) is 7.12. The Kier molecular flexibility index (Phi) is 4.88. The Bertz CT molecular complexity index is 288. The molecule has 2 rings (SSSR count). The molecule has 1 unspecified atom stereocenters. The summed E-state index contributed by atoms with van der Waals surface area (Å²) in [6.07, 6.45) is 6.44. The Labute approximate surface area is 117 Å². The van der Waals surface area contributed by atoms with Crippen LogP contribution in [-0.4, -0.2) is 54.5 Å². The maximum atomic E-state index is 9.39. The Balaban J connectivity index is 2.00. The first-order valence-electron chi connectivity index (χ1n) is 7.70. The number of hydrogen-bond acceptors (Lipinski definition) is 4. The molecule has 0 aromatic carbocycles. The Morgan fingerprint density at radius 2 is 1.95 bits per heavy atom. The highest BCUT2D eigenvalue weighted by molar-refractivity contribution is 4.91. The number of hydrogen-bond donors (Lipinski definition) is 2.